The summed E-state index contributed by atoms with van der Waals surface area (Å²) < 4.78 is 49.7. The first-order chi connectivity index (χ1) is 15.6. The number of rotatable bonds is 5. The zero-order valence-electron chi connectivity index (χ0n) is 17.7. The van der Waals surface area contributed by atoms with Gasteiger partial charge in [0.1, 0.15) is 19.0 Å². The number of benzene rings is 2. The molecular formula is C23H24N2O6S. The SMILES string of the molecule is COc1ccc(-c2nc(S(=O)(=O)c3ccc4c(c3)OCCO4)c(N3CCCCC3)o2)cc1. The number of piperidine rings is 1. The molecule has 32 heavy (non-hydrogen) atoms. The molecule has 0 unspecified atom stereocenters. The molecule has 2 aliphatic rings. The summed E-state index contributed by atoms with van der Waals surface area (Å²) in [6.45, 7) is 2.26. The van der Waals surface area contributed by atoms with Gasteiger partial charge in [-0.2, -0.15) is 4.98 Å². The van der Waals surface area contributed by atoms with Crippen LogP contribution in [0.2, 0.25) is 0 Å². The van der Waals surface area contributed by atoms with Crippen LogP contribution in [0.25, 0.3) is 11.5 Å². The standard InChI is InChI=1S/C23H24N2O6S/c1-28-17-7-5-16(6-8-17)21-24-22(23(31-21)25-11-3-2-4-12-25)32(26,27)18-9-10-19-20(15-18)30-14-13-29-19/h5-10,15H,2-4,11-14H2,1H3. The molecule has 0 bridgehead atoms. The minimum absolute atomic E-state index is 0.0816. The molecule has 168 valence electrons. The lowest BCUT2D eigenvalue weighted by atomic mass is 10.1. The second kappa shape index (κ2) is 8.38. The van der Waals surface area contributed by atoms with Gasteiger partial charge in [-0.15, -0.1) is 0 Å². The Morgan fingerprint density at radius 2 is 1.66 bits per heavy atom. The first-order valence-electron chi connectivity index (χ1n) is 10.6. The Labute approximate surface area is 186 Å². The Kier molecular flexibility index (Phi) is 5.42. The van der Waals surface area contributed by atoms with E-state index in [-0.39, 0.29) is 21.7 Å². The lowest BCUT2D eigenvalue weighted by Crippen LogP contribution is -2.30. The Morgan fingerprint density at radius 1 is 0.938 bits per heavy atom. The van der Waals surface area contributed by atoms with Crippen molar-refractivity contribution in [3.05, 3.63) is 42.5 Å². The normalized spacial score (nSPS) is 16.1. The van der Waals surface area contributed by atoms with Crippen molar-refractivity contribution in [2.75, 3.05) is 38.3 Å². The van der Waals surface area contributed by atoms with Crippen LogP contribution < -0.4 is 19.1 Å². The fourth-order valence-electron chi connectivity index (χ4n) is 3.93. The van der Waals surface area contributed by atoms with E-state index >= 15 is 0 Å². The Bertz CT molecular complexity index is 1210. The predicted octanol–water partition coefficient (Wildman–Crippen LogP) is 3.94. The first kappa shape index (κ1) is 20.7. The number of fused-ring (bicyclic) bond motifs is 1. The van der Waals surface area contributed by atoms with Crippen LogP contribution in [0, 0.1) is 0 Å². The summed E-state index contributed by atoms with van der Waals surface area (Å²) in [5.41, 5.74) is 0.674. The van der Waals surface area contributed by atoms with Gasteiger partial charge in [0.15, 0.2) is 11.5 Å². The number of sulfone groups is 1. The van der Waals surface area contributed by atoms with E-state index < -0.39 is 9.84 Å². The smallest absolute Gasteiger partial charge is 0.236 e. The first-order valence-corrected chi connectivity index (χ1v) is 12.1. The number of hydrogen-bond donors (Lipinski definition) is 0. The van der Waals surface area contributed by atoms with Crippen molar-refractivity contribution >= 4 is 15.7 Å². The highest BCUT2D eigenvalue weighted by atomic mass is 32.2. The van der Waals surface area contributed by atoms with Crippen molar-refractivity contribution in [2.24, 2.45) is 0 Å². The molecular weight excluding hydrogens is 432 g/mol. The van der Waals surface area contributed by atoms with Crippen LogP contribution in [0.3, 0.4) is 0 Å². The van der Waals surface area contributed by atoms with E-state index in [0.717, 1.165) is 32.4 Å². The molecule has 1 saturated heterocycles. The van der Waals surface area contributed by atoms with Gasteiger partial charge in [0.2, 0.25) is 26.6 Å². The maximum Gasteiger partial charge on any atom is 0.236 e. The topological polar surface area (TPSA) is 91.1 Å². The Morgan fingerprint density at radius 3 is 2.38 bits per heavy atom. The third-order valence-corrected chi connectivity index (χ3v) is 7.29. The van der Waals surface area contributed by atoms with Crippen LogP contribution in [-0.4, -0.2) is 46.8 Å². The van der Waals surface area contributed by atoms with Gasteiger partial charge < -0.3 is 23.5 Å². The third-order valence-electron chi connectivity index (χ3n) is 5.64. The van der Waals surface area contributed by atoms with Crippen LogP contribution in [0.5, 0.6) is 17.2 Å². The molecule has 0 spiro atoms. The fraction of sp³-hybridized carbons (Fsp3) is 0.348. The van der Waals surface area contributed by atoms with Crippen molar-refractivity contribution in [3.8, 4) is 28.7 Å². The average molecular weight is 457 g/mol. The van der Waals surface area contributed by atoms with Crippen molar-refractivity contribution in [1.29, 1.82) is 0 Å². The number of hydrogen-bond acceptors (Lipinski definition) is 8. The lowest BCUT2D eigenvalue weighted by molar-refractivity contribution is 0.171. The summed E-state index contributed by atoms with van der Waals surface area (Å²) in [5, 5.41) is -0.0816. The number of nitrogens with zero attached hydrogens (tertiary/aromatic N) is 2. The highest BCUT2D eigenvalue weighted by molar-refractivity contribution is 7.91. The van der Waals surface area contributed by atoms with E-state index in [1.165, 1.54) is 12.1 Å². The van der Waals surface area contributed by atoms with E-state index in [1.807, 2.05) is 4.90 Å². The van der Waals surface area contributed by atoms with E-state index in [4.69, 9.17) is 18.6 Å². The van der Waals surface area contributed by atoms with Crippen LogP contribution in [0.15, 0.2) is 56.8 Å². The number of ether oxygens (including phenoxy) is 3. The Balaban J connectivity index is 1.60. The molecule has 9 heteroatoms. The van der Waals surface area contributed by atoms with Gasteiger partial charge in [0, 0.05) is 24.7 Å². The molecule has 8 nitrogen and oxygen atoms in total. The minimum Gasteiger partial charge on any atom is -0.497 e. The number of anilines is 1. The van der Waals surface area contributed by atoms with E-state index in [9.17, 15) is 8.42 Å². The molecule has 2 aliphatic heterocycles. The molecule has 3 heterocycles. The van der Waals surface area contributed by atoms with Gasteiger partial charge in [0.05, 0.1) is 12.0 Å². The highest BCUT2D eigenvalue weighted by Crippen LogP contribution is 2.39. The molecule has 0 radical (unpaired) electrons. The summed E-state index contributed by atoms with van der Waals surface area (Å²) in [5.74, 6) is 2.18. The second-order valence-corrected chi connectivity index (χ2v) is 9.58. The van der Waals surface area contributed by atoms with Crippen LogP contribution in [0.4, 0.5) is 5.88 Å². The molecule has 0 amide bonds. The maximum atomic E-state index is 13.7. The van der Waals surface area contributed by atoms with Gasteiger partial charge in [-0.1, -0.05) is 0 Å². The molecule has 3 aromatic rings. The van der Waals surface area contributed by atoms with Crippen molar-refractivity contribution in [3.63, 3.8) is 0 Å². The molecule has 5 rings (SSSR count). The van der Waals surface area contributed by atoms with Crippen LogP contribution >= 0.6 is 0 Å². The number of aromatic nitrogens is 1. The van der Waals surface area contributed by atoms with Crippen LogP contribution in [-0.2, 0) is 9.84 Å². The summed E-state index contributed by atoms with van der Waals surface area (Å²) in [7, 11) is -2.37. The van der Waals surface area contributed by atoms with Gasteiger partial charge in [-0.3, -0.25) is 0 Å². The molecule has 1 fully saturated rings. The van der Waals surface area contributed by atoms with Crippen molar-refractivity contribution in [1.82, 2.24) is 4.98 Å². The van der Waals surface area contributed by atoms with E-state index in [1.54, 1.807) is 37.4 Å². The second-order valence-electron chi connectivity index (χ2n) is 7.71. The zero-order valence-corrected chi connectivity index (χ0v) is 18.6. The highest BCUT2D eigenvalue weighted by Gasteiger charge is 2.33. The summed E-state index contributed by atoms with van der Waals surface area (Å²) >= 11 is 0. The number of methoxy groups -OCH3 is 1. The van der Waals surface area contributed by atoms with Gasteiger partial charge >= 0.3 is 0 Å². The quantitative estimate of drug-likeness (QED) is 0.570. The lowest BCUT2D eigenvalue weighted by Gasteiger charge is -2.26. The number of oxazole rings is 1. The van der Waals surface area contributed by atoms with Gasteiger partial charge in [-0.05, 0) is 55.7 Å². The molecule has 0 aliphatic carbocycles. The monoisotopic (exact) mass is 456 g/mol. The molecule has 0 saturated carbocycles. The van der Waals surface area contributed by atoms with E-state index in [0.29, 0.717) is 36.0 Å². The van der Waals surface area contributed by atoms with Crippen molar-refractivity contribution in [2.45, 2.75) is 29.2 Å². The van der Waals surface area contributed by atoms with Gasteiger partial charge in [0.25, 0.3) is 0 Å². The predicted molar refractivity (Wildman–Crippen MR) is 117 cm³/mol. The average Bonchev–Trinajstić information content (AvgIpc) is 3.31. The van der Waals surface area contributed by atoms with Crippen molar-refractivity contribution < 1.29 is 27.0 Å². The summed E-state index contributed by atoms with van der Waals surface area (Å²) in [6.07, 6.45) is 3.06. The molecule has 1 aromatic heterocycles. The molecule has 0 N–H and O–H groups in total. The summed E-state index contributed by atoms with van der Waals surface area (Å²) in [4.78, 5) is 6.52. The maximum absolute atomic E-state index is 13.7. The fourth-order valence-corrected chi connectivity index (χ4v) is 5.27. The Hall–Kier alpha value is -3.20. The van der Waals surface area contributed by atoms with Crippen LogP contribution in [0.1, 0.15) is 19.3 Å². The van der Waals surface area contributed by atoms with Gasteiger partial charge in [-0.25, -0.2) is 8.42 Å². The summed E-state index contributed by atoms with van der Waals surface area (Å²) in [6, 6.07) is 11.8. The largest absolute Gasteiger partial charge is 0.497 e. The zero-order chi connectivity index (χ0) is 22.1. The third kappa shape index (κ3) is 3.77. The van der Waals surface area contributed by atoms with E-state index in [2.05, 4.69) is 4.98 Å². The minimum atomic E-state index is -3.96. The molecule has 0 atom stereocenters. The molecule has 2 aromatic carbocycles.